The first-order valence-corrected chi connectivity index (χ1v) is 21.7. The second-order valence-corrected chi connectivity index (χ2v) is 16.8. The highest BCUT2D eigenvalue weighted by atomic mass is 79.9. The van der Waals surface area contributed by atoms with Crippen LogP contribution in [-0.4, -0.2) is 108 Å². The Hall–Kier alpha value is -4.82. The molecule has 0 saturated carbocycles. The van der Waals surface area contributed by atoms with Crippen LogP contribution in [-0.2, 0) is 39.8 Å². The van der Waals surface area contributed by atoms with E-state index in [9.17, 15) is 14.7 Å². The number of carbonyl (C=O) groups excluding carboxylic acids is 4. The van der Waals surface area contributed by atoms with Crippen LogP contribution in [0.4, 0.5) is 11.4 Å². The van der Waals surface area contributed by atoms with E-state index in [2.05, 4.69) is 53.2 Å². The number of nitrogens with one attached hydrogen (secondary N) is 1. The number of allylic oxidation sites excluding steroid dienone is 1. The molecule has 12 nitrogen and oxygen atoms in total. The van der Waals surface area contributed by atoms with Crippen molar-refractivity contribution in [3.05, 3.63) is 121 Å². The summed E-state index contributed by atoms with van der Waals surface area (Å²) in [6, 6.07) is 23.4. The maximum absolute atomic E-state index is 15.4. The van der Waals surface area contributed by atoms with E-state index in [-0.39, 0.29) is 38.3 Å². The number of carbonyl (C=O) groups is 4. The van der Waals surface area contributed by atoms with Crippen molar-refractivity contribution >= 4 is 51.0 Å². The standard InChI is InChI=1S/C47H57BrN4O8/c1-6-10-21-38(54)49-37(30-58-5)41(32-19-15-12-16-20-32)59-46(57)39-40-44(55)52(35(29-53)27-31-17-13-11-14-18-31)43(47(40)28-36(48)42(39)60-47)45(56)51(26-7-2)34-24-22-33(23-25-34)50(8-3)9-4/h6-7,11-20,22-25,35-37,39-43,53H,1-2,8-10,21,26-30H2,3-5H3,(H,49,54)/t35-,36?,37+,39+,40-,41+,42+,43+,47-/m1/s1. The second kappa shape index (κ2) is 20.2. The van der Waals surface area contributed by atoms with Gasteiger partial charge in [0.2, 0.25) is 11.8 Å². The Morgan fingerprint density at radius 1 is 1.00 bits per heavy atom. The Kier molecular flexibility index (Phi) is 15.0. The molecule has 0 aliphatic carbocycles. The Labute approximate surface area is 361 Å². The maximum atomic E-state index is 15.4. The number of anilines is 2. The fourth-order valence-corrected chi connectivity index (χ4v) is 10.2. The number of benzene rings is 3. The molecule has 3 heterocycles. The fourth-order valence-electron chi connectivity index (χ4n) is 9.30. The van der Waals surface area contributed by atoms with Crippen molar-refractivity contribution < 1.29 is 38.5 Å². The smallest absolute Gasteiger partial charge is 0.313 e. The second-order valence-electron chi connectivity index (χ2n) is 15.6. The summed E-state index contributed by atoms with van der Waals surface area (Å²) in [5.41, 5.74) is 1.65. The van der Waals surface area contributed by atoms with E-state index >= 15 is 9.59 Å². The summed E-state index contributed by atoms with van der Waals surface area (Å²) in [7, 11) is 1.50. The van der Waals surface area contributed by atoms with Crippen molar-refractivity contribution in [2.45, 2.75) is 80.3 Å². The summed E-state index contributed by atoms with van der Waals surface area (Å²) in [5.74, 6) is -4.08. The van der Waals surface area contributed by atoms with E-state index in [1.165, 1.54) is 12.0 Å². The summed E-state index contributed by atoms with van der Waals surface area (Å²) in [4.78, 5) is 63.5. The Balaban J connectivity index is 1.41. The molecule has 60 heavy (non-hydrogen) atoms. The zero-order chi connectivity index (χ0) is 43.0. The molecule has 13 heteroatoms. The van der Waals surface area contributed by atoms with Crippen LogP contribution in [0.15, 0.2) is 110 Å². The van der Waals surface area contributed by atoms with Gasteiger partial charge in [-0.2, -0.15) is 0 Å². The predicted molar refractivity (Wildman–Crippen MR) is 235 cm³/mol. The number of rotatable bonds is 21. The van der Waals surface area contributed by atoms with Crippen LogP contribution in [0.5, 0.6) is 0 Å². The molecule has 320 valence electrons. The number of aliphatic hydroxyl groups is 1. The lowest BCUT2D eigenvalue weighted by atomic mass is 9.70. The van der Waals surface area contributed by atoms with Gasteiger partial charge in [0.05, 0.1) is 43.2 Å². The Morgan fingerprint density at radius 2 is 1.65 bits per heavy atom. The van der Waals surface area contributed by atoms with Crippen LogP contribution in [0.1, 0.15) is 50.3 Å². The van der Waals surface area contributed by atoms with E-state index < -0.39 is 77.0 Å². The van der Waals surface area contributed by atoms with Crippen molar-refractivity contribution in [1.82, 2.24) is 10.2 Å². The first-order valence-electron chi connectivity index (χ1n) is 20.8. The summed E-state index contributed by atoms with van der Waals surface area (Å²) < 4.78 is 18.8. The molecule has 2 bridgehead atoms. The van der Waals surface area contributed by atoms with Gasteiger partial charge in [0.15, 0.2) is 0 Å². The summed E-state index contributed by atoms with van der Waals surface area (Å²) in [6.45, 7) is 13.2. The lowest BCUT2D eigenvalue weighted by Crippen LogP contribution is -2.59. The van der Waals surface area contributed by atoms with Crippen LogP contribution in [0.2, 0.25) is 0 Å². The maximum Gasteiger partial charge on any atom is 0.313 e. The minimum atomic E-state index is -1.45. The zero-order valence-electron chi connectivity index (χ0n) is 34.7. The number of methoxy groups -OCH3 is 1. The molecule has 0 radical (unpaired) electrons. The minimum Gasteiger partial charge on any atom is -0.455 e. The molecular formula is C47H57BrN4O8. The average molecular weight is 886 g/mol. The molecule has 3 aliphatic heterocycles. The highest BCUT2D eigenvalue weighted by molar-refractivity contribution is 9.09. The predicted octanol–water partition coefficient (Wildman–Crippen LogP) is 5.79. The third kappa shape index (κ3) is 8.95. The molecule has 0 aromatic heterocycles. The van der Waals surface area contributed by atoms with Crippen molar-refractivity contribution in [3.63, 3.8) is 0 Å². The number of likely N-dealkylation sites (tertiary alicyclic amines) is 1. The van der Waals surface area contributed by atoms with Gasteiger partial charge in [0.1, 0.15) is 17.7 Å². The van der Waals surface area contributed by atoms with Crippen LogP contribution in [0.3, 0.4) is 0 Å². The lowest BCUT2D eigenvalue weighted by molar-refractivity contribution is -0.163. The highest BCUT2D eigenvalue weighted by Crippen LogP contribution is 2.61. The van der Waals surface area contributed by atoms with Crippen LogP contribution >= 0.6 is 15.9 Å². The molecule has 6 rings (SSSR count). The highest BCUT2D eigenvalue weighted by Gasteiger charge is 2.77. The van der Waals surface area contributed by atoms with Crippen LogP contribution in [0, 0.1) is 11.8 Å². The van der Waals surface area contributed by atoms with Gasteiger partial charge < -0.3 is 39.3 Å². The number of esters is 1. The van der Waals surface area contributed by atoms with Crippen LogP contribution < -0.4 is 15.1 Å². The van der Waals surface area contributed by atoms with Gasteiger partial charge in [0.25, 0.3) is 5.91 Å². The van der Waals surface area contributed by atoms with E-state index in [0.717, 1.165) is 24.3 Å². The first kappa shape index (κ1) is 44.7. The van der Waals surface area contributed by atoms with Crippen molar-refractivity contribution in [3.8, 4) is 0 Å². The van der Waals surface area contributed by atoms with Gasteiger partial charge in [0, 0.05) is 49.4 Å². The number of hydrogen-bond donors (Lipinski definition) is 2. The largest absolute Gasteiger partial charge is 0.455 e. The number of halogens is 1. The molecule has 1 unspecified atom stereocenters. The van der Waals surface area contributed by atoms with Gasteiger partial charge in [-0.3, -0.25) is 19.2 Å². The molecule has 3 amide bonds. The number of nitrogens with zero attached hydrogens (tertiary/aromatic N) is 3. The number of aliphatic hydroxyl groups excluding tert-OH is 1. The molecule has 3 aliphatic rings. The molecule has 2 N–H and O–H groups in total. The normalized spacial score (nSPS) is 24.2. The SMILES string of the molecule is C=CCCC(=O)N[C@@H](COC)[C@@H](OC(=O)[C@@H]1[C@H]2O[C@@]3(CC2Br)[C@H](C(=O)N(CC=C)c2ccc(N(CC)CC)cc2)N([C@@H](CO)Cc2ccccc2)C(=O)[C@@H]13)c1ccccc1. The first-order chi connectivity index (χ1) is 29.1. The molecule has 3 aromatic carbocycles. The van der Waals surface area contributed by atoms with Gasteiger partial charge in [-0.25, -0.2) is 0 Å². The van der Waals surface area contributed by atoms with Crippen molar-refractivity contribution in [2.24, 2.45) is 11.8 Å². The molecule has 3 aromatic rings. The molecule has 1 spiro atoms. The van der Waals surface area contributed by atoms with E-state index in [1.54, 1.807) is 29.2 Å². The van der Waals surface area contributed by atoms with Crippen molar-refractivity contribution in [1.29, 1.82) is 0 Å². The number of ether oxygens (including phenoxy) is 3. The van der Waals surface area contributed by atoms with Gasteiger partial charge in [-0.15, -0.1) is 13.2 Å². The number of hydrogen-bond acceptors (Lipinski definition) is 9. The summed E-state index contributed by atoms with van der Waals surface area (Å²) in [6.07, 6.45) is 2.64. The van der Waals surface area contributed by atoms with Crippen molar-refractivity contribution in [2.75, 3.05) is 49.8 Å². The van der Waals surface area contributed by atoms with E-state index in [4.69, 9.17) is 14.2 Å². The number of fused-ring (bicyclic) bond motifs is 1. The zero-order valence-corrected chi connectivity index (χ0v) is 36.2. The number of alkyl halides is 1. The van der Waals surface area contributed by atoms with Gasteiger partial charge in [-0.05, 0) is 68.5 Å². The quantitative estimate of drug-likeness (QED) is 0.0775. The summed E-state index contributed by atoms with van der Waals surface area (Å²) >= 11 is 3.79. The fraction of sp³-hybridized carbons (Fsp3) is 0.447. The topological polar surface area (TPSA) is 138 Å². The molecule has 3 saturated heterocycles. The molecular weight excluding hydrogens is 828 g/mol. The van der Waals surface area contributed by atoms with Crippen LogP contribution in [0.25, 0.3) is 0 Å². The third-order valence-corrected chi connectivity index (χ3v) is 12.9. The monoisotopic (exact) mass is 884 g/mol. The Morgan fingerprint density at radius 3 is 2.25 bits per heavy atom. The Bertz CT molecular complexity index is 1960. The third-order valence-electron chi connectivity index (χ3n) is 12.0. The number of amides is 3. The molecule has 9 atom stereocenters. The molecule has 3 fully saturated rings. The lowest BCUT2D eigenvalue weighted by Gasteiger charge is -2.39. The average Bonchev–Trinajstić information content (AvgIpc) is 3.87. The van der Waals surface area contributed by atoms with E-state index in [1.807, 2.05) is 72.8 Å². The minimum absolute atomic E-state index is 0.0295. The summed E-state index contributed by atoms with van der Waals surface area (Å²) in [5, 5.41) is 14.0. The van der Waals surface area contributed by atoms with E-state index in [0.29, 0.717) is 17.7 Å². The van der Waals surface area contributed by atoms with Gasteiger partial charge >= 0.3 is 5.97 Å². The van der Waals surface area contributed by atoms with Gasteiger partial charge in [-0.1, -0.05) is 88.7 Å².